The third-order valence-electron chi connectivity index (χ3n) is 2.80. The Hall–Kier alpha value is -1.62. The van der Waals surface area contributed by atoms with Gasteiger partial charge < -0.3 is 14.7 Å². The Morgan fingerprint density at radius 3 is 2.88 bits per heavy atom. The summed E-state index contributed by atoms with van der Waals surface area (Å²) < 4.78 is 4.88. The fourth-order valence-corrected chi connectivity index (χ4v) is 1.78. The van der Waals surface area contributed by atoms with Gasteiger partial charge in [0, 0.05) is 31.8 Å². The predicted molar refractivity (Wildman–Crippen MR) is 63.0 cm³/mol. The van der Waals surface area contributed by atoms with Gasteiger partial charge in [-0.25, -0.2) is 9.78 Å². The fourth-order valence-electron chi connectivity index (χ4n) is 1.78. The quantitative estimate of drug-likeness (QED) is 0.779. The van der Waals surface area contributed by atoms with Crippen LogP contribution in [0, 0.1) is 5.92 Å². The molecule has 2 rings (SSSR count). The molecule has 1 N–H and O–H groups in total. The Balaban J connectivity index is 1.97. The zero-order valence-corrected chi connectivity index (χ0v) is 9.80. The van der Waals surface area contributed by atoms with E-state index in [0.717, 1.165) is 18.9 Å². The maximum absolute atomic E-state index is 11.4. The second-order valence-corrected chi connectivity index (χ2v) is 4.08. The molecule has 17 heavy (non-hydrogen) atoms. The number of ether oxygens (including phenoxy) is 1. The van der Waals surface area contributed by atoms with Crippen molar-refractivity contribution in [1.82, 2.24) is 4.98 Å². The van der Waals surface area contributed by atoms with E-state index in [1.807, 2.05) is 0 Å². The number of nitrogens with zero attached hydrogens (tertiary/aromatic N) is 2. The number of aromatic nitrogens is 1. The molecule has 0 spiro atoms. The van der Waals surface area contributed by atoms with Crippen LogP contribution in [0.5, 0.6) is 0 Å². The number of aliphatic hydroxyl groups excluding tert-OH is 1. The Labute approximate surface area is 100 Å². The van der Waals surface area contributed by atoms with E-state index in [2.05, 4.69) is 9.88 Å². The van der Waals surface area contributed by atoms with Crippen LogP contribution in [0.4, 0.5) is 5.82 Å². The van der Waals surface area contributed by atoms with Crippen LogP contribution >= 0.6 is 0 Å². The Bertz CT molecular complexity index is 385. The van der Waals surface area contributed by atoms with Crippen LogP contribution in [-0.4, -0.2) is 42.4 Å². The van der Waals surface area contributed by atoms with Gasteiger partial charge in [-0.15, -0.1) is 0 Å². The second-order valence-electron chi connectivity index (χ2n) is 4.08. The zero-order chi connectivity index (χ0) is 12.3. The van der Waals surface area contributed by atoms with E-state index in [-0.39, 0.29) is 12.6 Å². The summed E-state index contributed by atoms with van der Waals surface area (Å²) in [5.74, 6) is 0.840. The summed E-state index contributed by atoms with van der Waals surface area (Å²) in [6, 6.07) is 3.52. The number of aliphatic hydroxyl groups is 1. The van der Waals surface area contributed by atoms with Gasteiger partial charge in [-0.1, -0.05) is 0 Å². The standard InChI is InChI=1S/C12H16N2O3/c1-2-17-12(16)10-3-4-11(13-5-10)14-6-9(7-14)8-15/h3-5,9,15H,2,6-8H2,1H3. The molecule has 1 aromatic heterocycles. The van der Waals surface area contributed by atoms with Crippen molar-refractivity contribution in [1.29, 1.82) is 0 Å². The van der Waals surface area contributed by atoms with Crippen molar-refractivity contribution in [2.45, 2.75) is 6.92 Å². The molecule has 1 aromatic rings. The summed E-state index contributed by atoms with van der Waals surface area (Å²) in [5, 5.41) is 8.92. The van der Waals surface area contributed by atoms with Crippen LogP contribution < -0.4 is 4.90 Å². The van der Waals surface area contributed by atoms with Gasteiger partial charge in [0.05, 0.1) is 12.2 Å². The maximum atomic E-state index is 11.4. The van der Waals surface area contributed by atoms with E-state index < -0.39 is 0 Å². The first-order chi connectivity index (χ1) is 8.24. The molecular weight excluding hydrogens is 220 g/mol. The lowest BCUT2D eigenvalue weighted by atomic mass is 10.0. The third kappa shape index (κ3) is 2.55. The van der Waals surface area contributed by atoms with Crippen molar-refractivity contribution in [3.63, 3.8) is 0 Å². The van der Waals surface area contributed by atoms with Crippen LogP contribution in [-0.2, 0) is 4.74 Å². The summed E-state index contributed by atoms with van der Waals surface area (Å²) in [6.07, 6.45) is 1.53. The van der Waals surface area contributed by atoms with Crippen molar-refractivity contribution in [3.8, 4) is 0 Å². The molecule has 0 unspecified atom stereocenters. The lowest BCUT2D eigenvalue weighted by Crippen LogP contribution is -2.48. The van der Waals surface area contributed by atoms with Gasteiger partial charge in [0.15, 0.2) is 0 Å². The molecule has 2 heterocycles. The van der Waals surface area contributed by atoms with Crippen molar-refractivity contribution in [3.05, 3.63) is 23.9 Å². The molecule has 5 heteroatoms. The van der Waals surface area contributed by atoms with Crippen LogP contribution in [0.25, 0.3) is 0 Å². The van der Waals surface area contributed by atoms with E-state index in [0.29, 0.717) is 18.1 Å². The normalized spacial score (nSPS) is 15.5. The largest absolute Gasteiger partial charge is 0.462 e. The summed E-state index contributed by atoms with van der Waals surface area (Å²) in [5.41, 5.74) is 0.467. The SMILES string of the molecule is CCOC(=O)c1ccc(N2CC(CO)C2)nc1. The number of carbonyl (C=O) groups excluding carboxylic acids is 1. The topological polar surface area (TPSA) is 62.7 Å². The molecule has 1 aliphatic heterocycles. The second kappa shape index (κ2) is 5.14. The smallest absolute Gasteiger partial charge is 0.339 e. The molecule has 0 aliphatic carbocycles. The summed E-state index contributed by atoms with van der Waals surface area (Å²) in [7, 11) is 0. The number of rotatable bonds is 4. The molecular formula is C12H16N2O3. The molecule has 0 radical (unpaired) electrons. The van der Waals surface area contributed by atoms with Crippen LogP contribution in [0.15, 0.2) is 18.3 Å². The predicted octanol–water partition coefficient (Wildman–Crippen LogP) is 0.687. The molecule has 5 nitrogen and oxygen atoms in total. The molecule has 1 aliphatic rings. The number of carbonyl (C=O) groups is 1. The van der Waals surface area contributed by atoms with E-state index >= 15 is 0 Å². The van der Waals surface area contributed by atoms with Gasteiger partial charge in [-0.05, 0) is 19.1 Å². The number of pyridine rings is 1. The fraction of sp³-hybridized carbons (Fsp3) is 0.500. The Morgan fingerprint density at radius 1 is 1.59 bits per heavy atom. The van der Waals surface area contributed by atoms with E-state index in [1.54, 1.807) is 19.1 Å². The van der Waals surface area contributed by atoms with E-state index in [9.17, 15) is 4.79 Å². The molecule has 0 atom stereocenters. The highest BCUT2D eigenvalue weighted by Crippen LogP contribution is 2.22. The molecule has 92 valence electrons. The average Bonchev–Trinajstić information content (AvgIpc) is 2.29. The summed E-state index contributed by atoms with van der Waals surface area (Å²) in [6.45, 7) is 4.00. The van der Waals surface area contributed by atoms with Gasteiger partial charge in [0.2, 0.25) is 0 Å². The first-order valence-corrected chi connectivity index (χ1v) is 5.73. The zero-order valence-electron chi connectivity index (χ0n) is 9.80. The number of anilines is 1. The monoisotopic (exact) mass is 236 g/mol. The van der Waals surface area contributed by atoms with E-state index in [4.69, 9.17) is 9.84 Å². The molecule has 1 saturated heterocycles. The van der Waals surface area contributed by atoms with Gasteiger partial charge >= 0.3 is 5.97 Å². The highest BCUT2D eigenvalue weighted by Gasteiger charge is 2.26. The van der Waals surface area contributed by atoms with Crippen LogP contribution in [0.3, 0.4) is 0 Å². The molecule has 0 bridgehead atoms. The Kier molecular flexibility index (Phi) is 3.58. The Morgan fingerprint density at radius 2 is 2.35 bits per heavy atom. The molecule has 1 fully saturated rings. The maximum Gasteiger partial charge on any atom is 0.339 e. The summed E-state index contributed by atoms with van der Waals surface area (Å²) in [4.78, 5) is 17.7. The average molecular weight is 236 g/mol. The van der Waals surface area contributed by atoms with E-state index in [1.165, 1.54) is 6.20 Å². The first-order valence-electron chi connectivity index (χ1n) is 5.73. The molecule has 0 amide bonds. The van der Waals surface area contributed by atoms with Gasteiger partial charge in [0.1, 0.15) is 5.82 Å². The minimum atomic E-state index is -0.344. The lowest BCUT2D eigenvalue weighted by molar-refractivity contribution is 0.0526. The van der Waals surface area contributed by atoms with Gasteiger partial charge in [-0.3, -0.25) is 0 Å². The summed E-state index contributed by atoms with van der Waals surface area (Å²) >= 11 is 0. The highest BCUT2D eigenvalue weighted by atomic mass is 16.5. The minimum absolute atomic E-state index is 0.220. The van der Waals surface area contributed by atoms with Gasteiger partial charge in [-0.2, -0.15) is 0 Å². The minimum Gasteiger partial charge on any atom is -0.462 e. The number of esters is 1. The van der Waals surface area contributed by atoms with Crippen LogP contribution in [0.2, 0.25) is 0 Å². The molecule has 0 aromatic carbocycles. The van der Waals surface area contributed by atoms with Crippen molar-refractivity contribution < 1.29 is 14.6 Å². The van der Waals surface area contributed by atoms with Crippen molar-refractivity contribution in [2.24, 2.45) is 5.92 Å². The number of hydrogen-bond acceptors (Lipinski definition) is 5. The first kappa shape index (κ1) is 11.9. The van der Waals surface area contributed by atoms with Gasteiger partial charge in [0.25, 0.3) is 0 Å². The third-order valence-corrected chi connectivity index (χ3v) is 2.80. The van der Waals surface area contributed by atoms with Crippen molar-refractivity contribution >= 4 is 11.8 Å². The highest BCUT2D eigenvalue weighted by molar-refractivity contribution is 5.89. The van der Waals surface area contributed by atoms with Crippen molar-refractivity contribution in [2.75, 3.05) is 31.2 Å². The molecule has 0 saturated carbocycles. The lowest BCUT2D eigenvalue weighted by Gasteiger charge is -2.39. The van der Waals surface area contributed by atoms with Crippen LogP contribution in [0.1, 0.15) is 17.3 Å². The number of hydrogen-bond donors (Lipinski definition) is 1.